The highest BCUT2D eigenvalue weighted by Crippen LogP contribution is 2.58. The van der Waals surface area contributed by atoms with E-state index in [2.05, 4.69) is 34.6 Å². The van der Waals surface area contributed by atoms with Crippen molar-refractivity contribution in [2.75, 3.05) is 6.54 Å². The summed E-state index contributed by atoms with van der Waals surface area (Å²) in [6.45, 7) is 10.8. The largest absolute Gasteiger partial charge is 0.444 e. The number of carbonyl (C=O) groups is 1. The van der Waals surface area contributed by atoms with Crippen LogP contribution < -0.4 is 0 Å². The van der Waals surface area contributed by atoms with E-state index >= 15 is 0 Å². The van der Waals surface area contributed by atoms with Crippen LogP contribution in [0.5, 0.6) is 0 Å². The molecule has 1 amide bonds. The lowest BCUT2D eigenvalue weighted by Gasteiger charge is -2.29. The van der Waals surface area contributed by atoms with Gasteiger partial charge in [0.2, 0.25) is 0 Å². The maximum absolute atomic E-state index is 12.6. The lowest BCUT2D eigenvalue weighted by atomic mass is 9.93. The van der Waals surface area contributed by atoms with Gasteiger partial charge in [0.25, 0.3) is 0 Å². The van der Waals surface area contributed by atoms with Crippen LogP contribution in [0.3, 0.4) is 0 Å². The Morgan fingerprint density at radius 3 is 2.70 bits per heavy atom. The van der Waals surface area contributed by atoms with Crippen LogP contribution in [0, 0.1) is 5.41 Å². The summed E-state index contributed by atoms with van der Waals surface area (Å²) >= 11 is 3.52. The molecule has 1 atom stereocenters. The number of rotatable bonds is 2. The van der Waals surface area contributed by atoms with Gasteiger partial charge in [0.15, 0.2) is 0 Å². The summed E-state index contributed by atoms with van der Waals surface area (Å²) in [6.07, 6.45) is 2.85. The summed E-state index contributed by atoms with van der Waals surface area (Å²) in [5, 5.41) is 0. The fourth-order valence-electron chi connectivity index (χ4n) is 3.34. The van der Waals surface area contributed by atoms with Gasteiger partial charge in [0.05, 0.1) is 6.04 Å². The van der Waals surface area contributed by atoms with Gasteiger partial charge in [-0.3, -0.25) is 0 Å². The molecule has 0 bridgehead atoms. The Balaban J connectivity index is 1.82. The molecule has 3 rings (SSSR count). The van der Waals surface area contributed by atoms with Crippen molar-refractivity contribution in [2.45, 2.75) is 51.7 Å². The highest BCUT2D eigenvalue weighted by Gasteiger charge is 2.56. The van der Waals surface area contributed by atoms with Gasteiger partial charge in [-0.25, -0.2) is 4.79 Å². The van der Waals surface area contributed by atoms with Crippen LogP contribution in [-0.2, 0) is 11.2 Å². The molecule has 1 spiro atoms. The Morgan fingerprint density at radius 1 is 1.43 bits per heavy atom. The van der Waals surface area contributed by atoms with E-state index in [-0.39, 0.29) is 17.6 Å². The summed E-state index contributed by atoms with van der Waals surface area (Å²) in [6, 6.07) is 8.28. The smallest absolute Gasteiger partial charge is 0.410 e. The average molecular weight is 378 g/mol. The Labute approximate surface area is 146 Å². The minimum absolute atomic E-state index is 0.0293. The lowest BCUT2D eigenvalue weighted by molar-refractivity contribution is 0.0228. The maximum Gasteiger partial charge on any atom is 0.410 e. The van der Waals surface area contributed by atoms with Gasteiger partial charge >= 0.3 is 6.09 Å². The number of carbonyl (C=O) groups excluding carboxylic acids is 1. The van der Waals surface area contributed by atoms with Crippen molar-refractivity contribution in [1.29, 1.82) is 0 Å². The first kappa shape index (κ1) is 16.6. The molecule has 0 N–H and O–H groups in total. The molecule has 0 aromatic heterocycles. The quantitative estimate of drug-likeness (QED) is 0.682. The van der Waals surface area contributed by atoms with Crippen molar-refractivity contribution in [1.82, 2.24) is 4.90 Å². The van der Waals surface area contributed by atoms with Crippen molar-refractivity contribution in [2.24, 2.45) is 5.41 Å². The van der Waals surface area contributed by atoms with Gasteiger partial charge in [-0.1, -0.05) is 34.6 Å². The van der Waals surface area contributed by atoms with Crippen molar-refractivity contribution >= 4 is 22.0 Å². The topological polar surface area (TPSA) is 29.5 Å². The first-order valence-corrected chi connectivity index (χ1v) is 8.93. The van der Waals surface area contributed by atoms with Crippen LogP contribution in [-0.4, -0.2) is 29.2 Å². The normalized spacial score (nSPS) is 22.5. The van der Waals surface area contributed by atoms with E-state index in [4.69, 9.17) is 4.74 Å². The van der Waals surface area contributed by atoms with Crippen LogP contribution in [0.15, 0.2) is 40.9 Å². The summed E-state index contributed by atoms with van der Waals surface area (Å²) in [5.74, 6) is 0. The maximum atomic E-state index is 12.6. The Morgan fingerprint density at radius 2 is 2.13 bits per heavy atom. The number of halogens is 1. The zero-order valence-electron chi connectivity index (χ0n) is 14.1. The Bertz CT molecular complexity index is 643. The second kappa shape index (κ2) is 5.66. The number of hydrogen-bond donors (Lipinski definition) is 0. The van der Waals surface area contributed by atoms with Gasteiger partial charge in [-0.15, -0.1) is 0 Å². The molecule has 1 aliphatic heterocycles. The molecular formula is C19H24BrNO2. The third kappa shape index (κ3) is 3.47. The van der Waals surface area contributed by atoms with E-state index < -0.39 is 5.60 Å². The minimum atomic E-state index is -0.474. The Hall–Kier alpha value is -1.29. The Kier molecular flexibility index (Phi) is 4.07. The van der Waals surface area contributed by atoms with Crippen molar-refractivity contribution in [3.63, 3.8) is 0 Å². The molecule has 1 aliphatic carbocycles. The van der Waals surface area contributed by atoms with Gasteiger partial charge < -0.3 is 9.64 Å². The van der Waals surface area contributed by atoms with E-state index in [0.717, 1.165) is 30.3 Å². The summed E-state index contributed by atoms with van der Waals surface area (Å²) < 4.78 is 6.68. The van der Waals surface area contributed by atoms with Crippen molar-refractivity contribution in [3.05, 3.63) is 46.5 Å². The van der Waals surface area contributed by atoms with E-state index in [1.165, 1.54) is 11.1 Å². The molecule has 1 saturated heterocycles. The molecule has 124 valence electrons. The number of ether oxygens (including phenoxy) is 1. The second-order valence-corrected chi connectivity index (χ2v) is 8.68. The molecule has 1 aromatic rings. The molecule has 3 nitrogen and oxygen atoms in total. The molecule has 2 fully saturated rings. The number of hydrogen-bond acceptors (Lipinski definition) is 2. The van der Waals surface area contributed by atoms with E-state index in [9.17, 15) is 4.79 Å². The van der Waals surface area contributed by atoms with Crippen LogP contribution in [0.1, 0.15) is 39.2 Å². The first-order chi connectivity index (χ1) is 10.7. The fourth-order valence-corrected chi connectivity index (χ4v) is 3.79. The van der Waals surface area contributed by atoms with Gasteiger partial charge in [0, 0.05) is 16.4 Å². The molecule has 0 radical (unpaired) electrons. The minimum Gasteiger partial charge on any atom is -0.444 e. The molecule has 1 saturated carbocycles. The third-order valence-electron chi connectivity index (χ3n) is 4.73. The van der Waals surface area contributed by atoms with E-state index in [0.29, 0.717) is 0 Å². The van der Waals surface area contributed by atoms with Gasteiger partial charge in [-0.05, 0) is 63.3 Å². The highest BCUT2D eigenvalue weighted by atomic mass is 79.9. The number of amides is 1. The number of benzene rings is 1. The first-order valence-electron chi connectivity index (χ1n) is 8.14. The SMILES string of the molecule is C=C1C(Cc2cccc(Br)c2)N(C(=O)OC(C)(C)C)CC12CC2. The molecule has 2 aliphatic rings. The summed E-state index contributed by atoms with van der Waals surface area (Å²) in [4.78, 5) is 14.5. The van der Waals surface area contributed by atoms with Crippen molar-refractivity contribution < 1.29 is 9.53 Å². The van der Waals surface area contributed by atoms with Crippen LogP contribution in [0.25, 0.3) is 0 Å². The zero-order chi connectivity index (χ0) is 16.8. The molecule has 1 heterocycles. The van der Waals surface area contributed by atoms with Crippen molar-refractivity contribution in [3.8, 4) is 0 Å². The van der Waals surface area contributed by atoms with Crippen LogP contribution in [0.4, 0.5) is 4.79 Å². The van der Waals surface area contributed by atoms with Crippen LogP contribution >= 0.6 is 15.9 Å². The average Bonchev–Trinajstić information content (AvgIpc) is 3.15. The summed E-state index contributed by atoms with van der Waals surface area (Å²) in [7, 11) is 0. The molecule has 1 unspecified atom stereocenters. The molecular weight excluding hydrogens is 354 g/mol. The van der Waals surface area contributed by atoms with Crippen LogP contribution in [0.2, 0.25) is 0 Å². The van der Waals surface area contributed by atoms with E-state index in [1.54, 1.807) is 0 Å². The van der Waals surface area contributed by atoms with Gasteiger partial charge in [0.1, 0.15) is 5.60 Å². The number of nitrogens with zero attached hydrogens (tertiary/aromatic N) is 1. The lowest BCUT2D eigenvalue weighted by Crippen LogP contribution is -2.41. The fraction of sp³-hybridized carbons (Fsp3) is 0.526. The zero-order valence-corrected chi connectivity index (χ0v) is 15.6. The number of likely N-dealkylation sites (tertiary alicyclic amines) is 1. The monoisotopic (exact) mass is 377 g/mol. The molecule has 1 aromatic carbocycles. The molecule has 23 heavy (non-hydrogen) atoms. The molecule has 4 heteroatoms. The predicted octanol–water partition coefficient (Wildman–Crippen LogP) is 4.95. The third-order valence-corrected chi connectivity index (χ3v) is 5.23. The standard InChI is InChI=1S/C19H24BrNO2/c1-13-16(11-14-6-5-7-15(20)10-14)21(12-19(13)8-9-19)17(22)23-18(2,3)4/h5-7,10,16H,1,8-9,11-12H2,2-4H3. The van der Waals surface area contributed by atoms with Gasteiger partial charge in [-0.2, -0.15) is 0 Å². The summed E-state index contributed by atoms with van der Waals surface area (Å²) in [5.41, 5.74) is 2.08. The van der Waals surface area contributed by atoms with E-state index in [1.807, 2.05) is 37.8 Å². The second-order valence-electron chi connectivity index (χ2n) is 7.76. The highest BCUT2D eigenvalue weighted by molar-refractivity contribution is 9.10. The predicted molar refractivity (Wildman–Crippen MR) is 95.4 cm³/mol.